The Morgan fingerprint density at radius 2 is 1.88 bits per heavy atom. The normalized spacial score (nSPS) is 8.62. The first kappa shape index (κ1) is 7.10. The molecular formula is C4H6NO3. The van der Waals surface area contributed by atoms with Crippen molar-refractivity contribution in [1.82, 2.24) is 0 Å². The summed E-state index contributed by atoms with van der Waals surface area (Å²) in [6, 6.07) is 0. The van der Waals surface area contributed by atoms with Gasteiger partial charge in [0.05, 0.1) is 6.61 Å². The van der Waals surface area contributed by atoms with Crippen molar-refractivity contribution in [3.8, 4) is 0 Å². The molecule has 8 heavy (non-hydrogen) atoms. The van der Waals surface area contributed by atoms with Crippen LogP contribution < -0.4 is 5.73 Å². The molecule has 0 aromatic rings. The first-order valence-electron chi connectivity index (χ1n) is 2.09. The fourth-order valence-electron chi connectivity index (χ4n) is 0.216. The van der Waals surface area contributed by atoms with E-state index < -0.39 is 18.3 Å². The summed E-state index contributed by atoms with van der Waals surface area (Å²) >= 11 is 0. The Hall–Kier alpha value is -0.900. The summed E-state index contributed by atoms with van der Waals surface area (Å²) in [6.07, 6.45) is -0.282. The number of nitrogens with two attached hydrogens (primary N) is 1. The smallest absolute Gasteiger partial charge is 0.284 e. The molecule has 0 aliphatic carbocycles. The van der Waals surface area contributed by atoms with Crippen LogP contribution in [0.1, 0.15) is 6.42 Å². The number of Topliss-reactive ketones (excluding diaryl/α,β-unsaturated/α-hetero) is 1. The Kier molecular flexibility index (Phi) is 2.79. The molecule has 0 spiro atoms. The van der Waals surface area contributed by atoms with Gasteiger partial charge in [-0.15, -0.1) is 0 Å². The van der Waals surface area contributed by atoms with E-state index in [0.717, 1.165) is 0 Å². The van der Waals surface area contributed by atoms with Gasteiger partial charge in [0.2, 0.25) is 5.78 Å². The second kappa shape index (κ2) is 3.15. The molecule has 0 aromatic carbocycles. The molecule has 0 bridgehead atoms. The predicted molar refractivity (Wildman–Crippen MR) is 24.4 cm³/mol. The largest absolute Gasteiger partial charge is 0.363 e. The zero-order valence-corrected chi connectivity index (χ0v) is 4.22. The summed E-state index contributed by atoms with van der Waals surface area (Å²) < 4.78 is 0. The maximum atomic E-state index is 10.1. The van der Waals surface area contributed by atoms with E-state index >= 15 is 0 Å². The van der Waals surface area contributed by atoms with Gasteiger partial charge in [0.1, 0.15) is 0 Å². The third-order valence-electron chi connectivity index (χ3n) is 0.604. The standard InChI is InChI=1S/C4H6NO3/c5-4(8)3(7)1-2-6/h1-2H2,(H2,5,8). The summed E-state index contributed by atoms with van der Waals surface area (Å²) in [4.78, 5) is 19.9. The van der Waals surface area contributed by atoms with Crippen molar-refractivity contribution >= 4 is 11.7 Å². The topological polar surface area (TPSA) is 80.1 Å². The number of rotatable bonds is 3. The lowest BCUT2D eigenvalue weighted by Crippen LogP contribution is -2.23. The maximum Gasteiger partial charge on any atom is 0.284 e. The number of hydrogen-bond donors (Lipinski definition) is 1. The van der Waals surface area contributed by atoms with Crippen molar-refractivity contribution in [2.24, 2.45) is 5.73 Å². The highest BCUT2D eigenvalue weighted by molar-refractivity contribution is 6.35. The minimum atomic E-state index is -1.03. The van der Waals surface area contributed by atoms with Gasteiger partial charge in [0.15, 0.2) is 0 Å². The highest BCUT2D eigenvalue weighted by Gasteiger charge is 2.06. The second-order valence-corrected chi connectivity index (χ2v) is 1.24. The van der Waals surface area contributed by atoms with Crippen LogP contribution in [-0.2, 0) is 14.7 Å². The number of carbonyl (C=O) groups is 2. The highest BCUT2D eigenvalue weighted by atomic mass is 16.3. The lowest BCUT2D eigenvalue weighted by Gasteiger charge is -1.85. The molecule has 2 N–H and O–H groups in total. The van der Waals surface area contributed by atoms with E-state index in [0.29, 0.717) is 0 Å². The van der Waals surface area contributed by atoms with Crippen LogP contribution in [-0.4, -0.2) is 18.3 Å². The summed E-state index contributed by atoms with van der Waals surface area (Å²) in [5.41, 5.74) is 4.49. The van der Waals surface area contributed by atoms with Crippen molar-refractivity contribution in [3.63, 3.8) is 0 Å². The number of amides is 1. The molecule has 0 aliphatic rings. The van der Waals surface area contributed by atoms with Gasteiger partial charge < -0.3 is 5.73 Å². The second-order valence-electron chi connectivity index (χ2n) is 1.24. The van der Waals surface area contributed by atoms with Crippen molar-refractivity contribution in [3.05, 3.63) is 0 Å². The van der Waals surface area contributed by atoms with Crippen LogP contribution in [0.2, 0.25) is 0 Å². The van der Waals surface area contributed by atoms with Gasteiger partial charge in [-0.3, -0.25) is 9.59 Å². The van der Waals surface area contributed by atoms with Gasteiger partial charge in [-0.1, -0.05) is 0 Å². The Morgan fingerprint density at radius 1 is 1.38 bits per heavy atom. The van der Waals surface area contributed by atoms with Crippen LogP contribution in [0.15, 0.2) is 0 Å². The fourth-order valence-corrected chi connectivity index (χ4v) is 0.216. The average Bonchev–Trinajstić information content (AvgIpc) is 1.67. The summed E-state index contributed by atoms with van der Waals surface area (Å²) in [7, 11) is 0. The van der Waals surface area contributed by atoms with Crippen LogP contribution in [0, 0.1) is 0 Å². The third-order valence-corrected chi connectivity index (χ3v) is 0.604. The van der Waals surface area contributed by atoms with Gasteiger partial charge in [-0.05, 0) is 0 Å². The Labute approximate surface area is 46.3 Å². The molecule has 4 heteroatoms. The summed E-state index contributed by atoms with van der Waals surface area (Å²) in [6.45, 7) is -0.568. The van der Waals surface area contributed by atoms with Crippen LogP contribution in [0.25, 0.3) is 0 Å². The molecule has 1 radical (unpaired) electrons. The monoisotopic (exact) mass is 116 g/mol. The zero-order chi connectivity index (χ0) is 6.57. The molecular weight excluding hydrogens is 110 g/mol. The van der Waals surface area contributed by atoms with Crippen molar-refractivity contribution < 1.29 is 14.7 Å². The zero-order valence-electron chi connectivity index (χ0n) is 4.22. The number of carbonyl (C=O) groups excluding carboxylic acids is 2. The molecule has 0 heterocycles. The van der Waals surface area contributed by atoms with Crippen molar-refractivity contribution in [2.75, 3.05) is 6.61 Å². The fraction of sp³-hybridized carbons (Fsp3) is 0.500. The third kappa shape index (κ3) is 2.30. The highest BCUT2D eigenvalue weighted by Crippen LogP contribution is 1.77. The van der Waals surface area contributed by atoms with E-state index in [-0.39, 0.29) is 6.42 Å². The number of primary amides is 1. The van der Waals surface area contributed by atoms with Crippen LogP contribution in [0.4, 0.5) is 0 Å². The Morgan fingerprint density at radius 3 is 2.00 bits per heavy atom. The van der Waals surface area contributed by atoms with E-state index in [1.165, 1.54) is 0 Å². The van der Waals surface area contributed by atoms with E-state index in [1.54, 1.807) is 0 Å². The van der Waals surface area contributed by atoms with Gasteiger partial charge in [0.25, 0.3) is 5.91 Å². The Bertz CT molecular complexity index is 110. The van der Waals surface area contributed by atoms with Crippen LogP contribution in [0.5, 0.6) is 0 Å². The molecule has 0 atom stereocenters. The van der Waals surface area contributed by atoms with Gasteiger partial charge >= 0.3 is 0 Å². The van der Waals surface area contributed by atoms with Gasteiger partial charge in [0, 0.05) is 6.42 Å². The molecule has 0 saturated carbocycles. The first-order chi connectivity index (χ1) is 3.68. The molecule has 0 unspecified atom stereocenters. The first-order valence-corrected chi connectivity index (χ1v) is 2.09. The molecule has 0 aliphatic heterocycles. The lowest BCUT2D eigenvalue weighted by atomic mass is 10.3. The average molecular weight is 116 g/mol. The van der Waals surface area contributed by atoms with Crippen molar-refractivity contribution in [1.29, 1.82) is 0 Å². The van der Waals surface area contributed by atoms with E-state index in [4.69, 9.17) is 0 Å². The maximum absolute atomic E-state index is 10.1. The molecule has 1 amide bonds. The molecule has 4 nitrogen and oxygen atoms in total. The van der Waals surface area contributed by atoms with E-state index in [9.17, 15) is 14.7 Å². The summed E-state index contributed by atoms with van der Waals surface area (Å²) in [5.74, 6) is -1.82. The lowest BCUT2D eigenvalue weighted by molar-refractivity contribution is -0.136. The minimum Gasteiger partial charge on any atom is -0.363 e. The van der Waals surface area contributed by atoms with Crippen LogP contribution >= 0.6 is 0 Å². The van der Waals surface area contributed by atoms with Crippen LogP contribution in [0.3, 0.4) is 0 Å². The molecule has 45 valence electrons. The SMILES string of the molecule is NC(=O)C(=O)CC[O]. The number of hydrogen-bond acceptors (Lipinski definition) is 2. The number of ketones is 1. The Balaban J connectivity index is 3.49. The van der Waals surface area contributed by atoms with Gasteiger partial charge in [-0.2, -0.15) is 0 Å². The molecule has 0 fully saturated rings. The van der Waals surface area contributed by atoms with Gasteiger partial charge in [-0.25, -0.2) is 5.11 Å². The predicted octanol–water partition coefficient (Wildman–Crippen LogP) is -1.14. The van der Waals surface area contributed by atoms with Crippen molar-refractivity contribution in [2.45, 2.75) is 6.42 Å². The molecule has 0 aromatic heterocycles. The van der Waals surface area contributed by atoms with E-state index in [2.05, 4.69) is 5.73 Å². The molecule has 0 saturated heterocycles. The quantitative estimate of drug-likeness (QED) is 0.473. The summed E-state index contributed by atoms with van der Waals surface area (Å²) in [5, 5.41) is 9.62. The molecule has 0 rings (SSSR count). The van der Waals surface area contributed by atoms with E-state index in [1.807, 2.05) is 0 Å². The minimum absolute atomic E-state index is 0.282.